The molecule has 1 aliphatic rings. The number of nitrogens with zero attached hydrogens (tertiary/aromatic N) is 3. The van der Waals surface area contributed by atoms with Crippen molar-refractivity contribution in [2.75, 3.05) is 6.54 Å². The predicted molar refractivity (Wildman–Crippen MR) is 41.5 cm³/mol. The number of rotatable bonds is 3. The number of ether oxygens (including phenoxy) is 1. The largest absolute Gasteiger partial charge is 0.390 e. The normalized spacial score (nSPS) is 35.5. The summed E-state index contributed by atoms with van der Waals surface area (Å²) in [6.07, 6.45) is -3.75. The van der Waals surface area contributed by atoms with Gasteiger partial charge in [-0.25, -0.2) is 0 Å². The molecule has 0 spiro atoms. The van der Waals surface area contributed by atoms with E-state index in [1.165, 1.54) is 0 Å². The molecule has 1 unspecified atom stereocenters. The highest BCUT2D eigenvalue weighted by Crippen LogP contribution is 2.21. The first kappa shape index (κ1) is 10.2. The maximum Gasteiger partial charge on any atom is 0.181 e. The van der Waals surface area contributed by atoms with Gasteiger partial charge in [0.25, 0.3) is 0 Å². The molecule has 0 radical (unpaired) electrons. The average Bonchev–Trinajstić information content (AvgIpc) is 2.43. The Morgan fingerprint density at radius 3 is 2.77 bits per heavy atom. The SMILES string of the molecule is [N-]=[N+]=NC[C@H](O)[C@@H]1C[C@@H](O)C(O)O1. The summed E-state index contributed by atoms with van der Waals surface area (Å²) in [5.41, 5.74) is 7.97. The van der Waals surface area contributed by atoms with Gasteiger partial charge in [-0.3, -0.25) is 0 Å². The third-order valence-corrected chi connectivity index (χ3v) is 1.88. The van der Waals surface area contributed by atoms with E-state index >= 15 is 0 Å². The Balaban J connectivity index is 2.40. The Labute approximate surface area is 74.2 Å². The van der Waals surface area contributed by atoms with E-state index in [4.69, 9.17) is 20.5 Å². The molecule has 1 fully saturated rings. The molecule has 0 aromatic rings. The summed E-state index contributed by atoms with van der Waals surface area (Å²) < 4.78 is 4.80. The minimum absolute atomic E-state index is 0.124. The van der Waals surface area contributed by atoms with Crippen LogP contribution >= 0.6 is 0 Å². The zero-order valence-corrected chi connectivity index (χ0v) is 6.82. The van der Waals surface area contributed by atoms with Gasteiger partial charge < -0.3 is 20.1 Å². The van der Waals surface area contributed by atoms with Crippen LogP contribution in [-0.2, 0) is 4.74 Å². The molecule has 0 aromatic heterocycles. The Morgan fingerprint density at radius 2 is 2.31 bits per heavy atom. The fourth-order valence-electron chi connectivity index (χ4n) is 1.17. The molecule has 0 bridgehead atoms. The molecular weight excluding hydrogens is 178 g/mol. The van der Waals surface area contributed by atoms with Crippen molar-refractivity contribution in [3.05, 3.63) is 10.4 Å². The van der Waals surface area contributed by atoms with E-state index in [1.54, 1.807) is 0 Å². The van der Waals surface area contributed by atoms with Crippen molar-refractivity contribution >= 4 is 0 Å². The summed E-state index contributed by atoms with van der Waals surface area (Å²) in [5.74, 6) is 0. The third-order valence-electron chi connectivity index (χ3n) is 1.88. The monoisotopic (exact) mass is 189 g/mol. The van der Waals surface area contributed by atoms with Gasteiger partial charge in [-0.1, -0.05) is 5.11 Å². The van der Waals surface area contributed by atoms with Crippen LogP contribution in [0.3, 0.4) is 0 Å². The third kappa shape index (κ3) is 2.55. The fraction of sp³-hybridized carbons (Fsp3) is 1.00. The van der Waals surface area contributed by atoms with E-state index in [0.29, 0.717) is 0 Å². The molecular formula is C6H11N3O4. The van der Waals surface area contributed by atoms with Gasteiger partial charge in [-0.15, -0.1) is 0 Å². The Kier molecular flexibility index (Phi) is 3.47. The van der Waals surface area contributed by atoms with Crippen LogP contribution in [0.25, 0.3) is 10.4 Å². The highest BCUT2D eigenvalue weighted by Gasteiger charge is 2.36. The summed E-state index contributed by atoms with van der Waals surface area (Å²) >= 11 is 0. The molecule has 0 saturated carbocycles. The van der Waals surface area contributed by atoms with Crippen molar-refractivity contribution in [1.29, 1.82) is 0 Å². The summed E-state index contributed by atoms with van der Waals surface area (Å²) in [6, 6.07) is 0. The van der Waals surface area contributed by atoms with Crippen LogP contribution < -0.4 is 0 Å². The van der Waals surface area contributed by atoms with Crippen LogP contribution in [-0.4, -0.2) is 46.5 Å². The van der Waals surface area contributed by atoms with E-state index < -0.39 is 24.6 Å². The number of hydrogen-bond donors (Lipinski definition) is 3. The highest BCUT2D eigenvalue weighted by atomic mass is 16.6. The molecule has 1 rings (SSSR count). The van der Waals surface area contributed by atoms with Gasteiger partial charge in [-0.05, 0) is 5.53 Å². The topological polar surface area (TPSA) is 119 Å². The van der Waals surface area contributed by atoms with E-state index in [1.807, 2.05) is 0 Å². The lowest BCUT2D eigenvalue weighted by Crippen LogP contribution is -2.28. The zero-order chi connectivity index (χ0) is 9.84. The van der Waals surface area contributed by atoms with Gasteiger partial charge in [0.15, 0.2) is 6.29 Å². The summed E-state index contributed by atoms with van der Waals surface area (Å²) in [4.78, 5) is 2.47. The average molecular weight is 189 g/mol. The van der Waals surface area contributed by atoms with Crippen LogP contribution in [0.2, 0.25) is 0 Å². The maximum atomic E-state index is 9.30. The molecule has 74 valence electrons. The smallest absolute Gasteiger partial charge is 0.181 e. The van der Waals surface area contributed by atoms with Gasteiger partial charge in [-0.2, -0.15) is 0 Å². The fourth-order valence-corrected chi connectivity index (χ4v) is 1.17. The highest BCUT2D eigenvalue weighted by molar-refractivity contribution is 4.82. The molecule has 0 amide bonds. The lowest BCUT2D eigenvalue weighted by Gasteiger charge is -2.14. The molecule has 1 heterocycles. The first-order valence-corrected chi connectivity index (χ1v) is 3.85. The number of hydrogen-bond acceptors (Lipinski definition) is 5. The minimum Gasteiger partial charge on any atom is -0.390 e. The molecule has 7 nitrogen and oxygen atoms in total. The van der Waals surface area contributed by atoms with Gasteiger partial charge in [0, 0.05) is 11.3 Å². The molecule has 1 aliphatic heterocycles. The van der Waals surface area contributed by atoms with Crippen LogP contribution in [0.15, 0.2) is 5.11 Å². The molecule has 13 heavy (non-hydrogen) atoms. The quantitative estimate of drug-likeness (QED) is 0.303. The van der Waals surface area contributed by atoms with Crippen molar-refractivity contribution in [3.8, 4) is 0 Å². The number of aliphatic hydroxyl groups is 3. The van der Waals surface area contributed by atoms with E-state index in [9.17, 15) is 5.11 Å². The predicted octanol–water partition coefficient (Wildman–Crippen LogP) is -0.874. The first-order valence-electron chi connectivity index (χ1n) is 3.85. The molecule has 1 saturated heterocycles. The summed E-state index contributed by atoms with van der Waals surface area (Å²) in [6.45, 7) is -0.124. The van der Waals surface area contributed by atoms with Crippen molar-refractivity contribution in [2.24, 2.45) is 5.11 Å². The summed E-state index contributed by atoms with van der Waals surface area (Å²) in [5, 5.41) is 30.5. The second kappa shape index (κ2) is 4.40. The molecule has 0 aromatic carbocycles. The van der Waals surface area contributed by atoms with Crippen LogP contribution in [0.5, 0.6) is 0 Å². The van der Waals surface area contributed by atoms with Crippen LogP contribution in [0, 0.1) is 0 Å². The molecule has 0 aliphatic carbocycles. The van der Waals surface area contributed by atoms with Gasteiger partial charge in [0.05, 0.1) is 18.8 Å². The van der Waals surface area contributed by atoms with E-state index in [-0.39, 0.29) is 13.0 Å². The second-order valence-corrected chi connectivity index (χ2v) is 2.85. The summed E-state index contributed by atoms with van der Waals surface area (Å²) in [7, 11) is 0. The minimum atomic E-state index is -1.26. The van der Waals surface area contributed by atoms with Crippen molar-refractivity contribution in [1.82, 2.24) is 0 Å². The van der Waals surface area contributed by atoms with Gasteiger partial charge in [0.1, 0.15) is 6.10 Å². The second-order valence-electron chi connectivity index (χ2n) is 2.85. The van der Waals surface area contributed by atoms with E-state index in [2.05, 4.69) is 10.0 Å². The lowest BCUT2D eigenvalue weighted by molar-refractivity contribution is -0.143. The van der Waals surface area contributed by atoms with Crippen molar-refractivity contribution in [3.63, 3.8) is 0 Å². The Bertz CT molecular complexity index is 208. The zero-order valence-electron chi connectivity index (χ0n) is 6.82. The van der Waals surface area contributed by atoms with Crippen LogP contribution in [0.1, 0.15) is 6.42 Å². The van der Waals surface area contributed by atoms with Crippen molar-refractivity contribution < 1.29 is 20.1 Å². The number of aliphatic hydroxyl groups excluding tert-OH is 3. The van der Waals surface area contributed by atoms with Crippen molar-refractivity contribution in [2.45, 2.75) is 31.0 Å². The lowest BCUT2D eigenvalue weighted by atomic mass is 10.1. The first-order chi connectivity index (χ1) is 6.15. The van der Waals surface area contributed by atoms with Crippen LogP contribution in [0.4, 0.5) is 0 Å². The molecule has 3 N–H and O–H groups in total. The Morgan fingerprint density at radius 1 is 1.62 bits per heavy atom. The molecule has 4 atom stereocenters. The van der Waals surface area contributed by atoms with E-state index in [0.717, 1.165) is 0 Å². The Hall–Kier alpha value is -0.850. The van der Waals surface area contributed by atoms with Gasteiger partial charge in [0.2, 0.25) is 0 Å². The standard InChI is InChI=1S/C6H11N3O4/c7-9-8-2-4(11)5-1-3(10)6(12)13-5/h3-6,10-12H,1-2H2/t3-,4+,5+,6?/m1/s1. The number of azide groups is 1. The molecule has 7 heteroatoms. The maximum absolute atomic E-state index is 9.30. The van der Waals surface area contributed by atoms with Gasteiger partial charge >= 0.3 is 0 Å².